The van der Waals surface area contributed by atoms with Crippen molar-refractivity contribution in [2.45, 2.75) is 32.5 Å². The van der Waals surface area contributed by atoms with Crippen LogP contribution >= 0.6 is 11.3 Å². The first-order valence-electron chi connectivity index (χ1n) is 7.04. The Morgan fingerprint density at radius 3 is 2.90 bits per heavy atom. The van der Waals surface area contributed by atoms with E-state index in [9.17, 15) is 0 Å². The van der Waals surface area contributed by atoms with Crippen molar-refractivity contribution in [3.8, 4) is 0 Å². The number of aryl methyl sites for hydroxylation is 1. The van der Waals surface area contributed by atoms with Gasteiger partial charge in [-0.3, -0.25) is 0 Å². The van der Waals surface area contributed by atoms with E-state index in [1.54, 1.807) is 11.3 Å². The standard InChI is InChI=1S/C16H18N2O2S/c1-12-17-15(11-21-12)10-19-9-14-8-16(20-18-14)7-13-5-3-2-4-6-13/h2-6,11,16H,7-10H2,1H3. The van der Waals surface area contributed by atoms with Crippen molar-refractivity contribution in [3.05, 3.63) is 52.0 Å². The first-order valence-corrected chi connectivity index (χ1v) is 7.92. The summed E-state index contributed by atoms with van der Waals surface area (Å²) in [6.45, 7) is 3.05. The number of benzene rings is 1. The SMILES string of the molecule is Cc1nc(COCC2=NOC(Cc3ccccc3)C2)cs1. The summed E-state index contributed by atoms with van der Waals surface area (Å²) in [6, 6.07) is 10.3. The van der Waals surface area contributed by atoms with E-state index < -0.39 is 0 Å². The molecule has 0 N–H and O–H groups in total. The highest BCUT2D eigenvalue weighted by molar-refractivity contribution is 7.09. The topological polar surface area (TPSA) is 43.7 Å². The average molecular weight is 302 g/mol. The Morgan fingerprint density at radius 1 is 1.29 bits per heavy atom. The van der Waals surface area contributed by atoms with Crippen LogP contribution in [0.5, 0.6) is 0 Å². The van der Waals surface area contributed by atoms with E-state index in [0.29, 0.717) is 13.2 Å². The summed E-state index contributed by atoms with van der Waals surface area (Å²) in [6.07, 6.45) is 1.86. The summed E-state index contributed by atoms with van der Waals surface area (Å²) in [5, 5.41) is 7.22. The molecule has 0 saturated heterocycles. The Kier molecular flexibility index (Phi) is 4.62. The molecule has 2 heterocycles. The summed E-state index contributed by atoms with van der Waals surface area (Å²) < 4.78 is 5.65. The molecule has 21 heavy (non-hydrogen) atoms. The van der Waals surface area contributed by atoms with E-state index in [1.807, 2.05) is 30.5 Å². The zero-order valence-corrected chi connectivity index (χ0v) is 12.8. The van der Waals surface area contributed by atoms with Crippen molar-refractivity contribution < 1.29 is 9.57 Å². The molecular formula is C16H18N2O2S. The number of rotatable bonds is 6. The monoisotopic (exact) mass is 302 g/mol. The lowest BCUT2D eigenvalue weighted by Gasteiger charge is -2.07. The van der Waals surface area contributed by atoms with Gasteiger partial charge in [-0.1, -0.05) is 35.5 Å². The first kappa shape index (κ1) is 14.2. The Hall–Kier alpha value is -1.72. The fourth-order valence-electron chi connectivity index (χ4n) is 2.31. The number of hydrogen-bond donors (Lipinski definition) is 0. The van der Waals surface area contributed by atoms with Gasteiger partial charge in [-0.05, 0) is 12.5 Å². The lowest BCUT2D eigenvalue weighted by atomic mass is 10.0. The highest BCUT2D eigenvalue weighted by Crippen LogP contribution is 2.16. The van der Waals surface area contributed by atoms with Crippen LogP contribution in [0.15, 0.2) is 40.9 Å². The second-order valence-electron chi connectivity index (χ2n) is 5.13. The highest BCUT2D eigenvalue weighted by Gasteiger charge is 2.21. The van der Waals surface area contributed by atoms with Gasteiger partial charge >= 0.3 is 0 Å². The van der Waals surface area contributed by atoms with Gasteiger partial charge in [0.1, 0.15) is 6.10 Å². The van der Waals surface area contributed by atoms with Crippen molar-refractivity contribution >= 4 is 17.0 Å². The molecule has 0 spiro atoms. The summed E-state index contributed by atoms with van der Waals surface area (Å²) in [5.74, 6) is 0. The van der Waals surface area contributed by atoms with Crippen molar-refractivity contribution in [1.29, 1.82) is 0 Å². The van der Waals surface area contributed by atoms with Crippen molar-refractivity contribution in [3.63, 3.8) is 0 Å². The number of ether oxygens (including phenoxy) is 1. The molecule has 0 amide bonds. The third-order valence-electron chi connectivity index (χ3n) is 3.29. The van der Waals surface area contributed by atoms with Crippen LogP contribution in [0.2, 0.25) is 0 Å². The maximum atomic E-state index is 5.65. The molecule has 4 nitrogen and oxygen atoms in total. The van der Waals surface area contributed by atoms with Crippen molar-refractivity contribution in [1.82, 2.24) is 4.98 Å². The van der Waals surface area contributed by atoms with Gasteiger partial charge in [-0.25, -0.2) is 4.98 Å². The molecule has 0 bridgehead atoms. The summed E-state index contributed by atoms with van der Waals surface area (Å²) in [5.41, 5.74) is 3.23. The second-order valence-corrected chi connectivity index (χ2v) is 6.19. The van der Waals surface area contributed by atoms with Crippen LogP contribution in [0.1, 0.15) is 22.7 Å². The van der Waals surface area contributed by atoms with Gasteiger partial charge in [0.05, 0.1) is 29.6 Å². The molecule has 0 saturated carbocycles. The van der Waals surface area contributed by atoms with Crippen LogP contribution in [0, 0.1) is 6.92 Å². The zero-order valence-electron chi connectivity index (χ0n) is 12.0. The minimum absolute atomic E-state index is 0.132. The van der Waals surface area contributed by atoms with Crippen LogP contribution in [0.3, 0.4) is 0 Å². The Labute approximate surface area is 128 Å². The van der Waals surface area contributed by atoms with Gasteiger partial charge in [0.2, 0.25) is 0 Å². The number of aromatic nitrogens is 1. The summed E-state index contributed by atoms with van der Waals surface area (Å²) in [4.78, 5) is 9.84. The van der Waals surface area contributed by atoms with Gasteiger partial charge in [0.25, 0.3) is 0 Å². The summed E-state index contributed by atoms with van der Waals surface area (Å²) in [7, 11) is 0. The molecule has 1 aromatic carbocycles. The Balaban J connectivity index is 1.40. The van der Waals surface area contributed by atoms with E-state index >= 15 is 0 Å². The number of thiazole rings is 1. The number of hydrogen-bond acceptors (Lipinski definition) is 5. The van der Waals surface area contributed by atoms with Crippen LogP contribution in [-0.2, 0) is 22.6 Å². The van der Waals surface area contributed by atoms with Crippen LogP contribution in [0.25, 0.3) is 0 Å². The Bertz CT molecular complexity index is 610. The maximum absolute atomic E-state index is 5.65. The molecule has 2 aromatic rings. The second kappa shape index (κ2) is 6.83. The third kappa shape index (κ3) is 4.12. The van der Waals surface area contributed by atoms with E-state index in [4.69, 9.17) is 9.57 Å². The molecule has 3 rings (SSSR count). The van der Waals surface area contributed by atoms with Crippen LogP contribution in [0.4, 0.5) is 0 Å². The van der Waals surface area contributed by atoms with Gasteiger partial charge in [-0.15, -0.1) is 11.3 Å². The zero-order chi connectivity index (χ0) is 14.5. The Morgan fingerprint density at radius 2 is 2.14 bits per heavy atom. The average Bonchev–Trinajstić information content (AvgIpc) is 3.10. The number of oxime groups is 1. The van der Waals surface area contributed by atoms with Gasteiger partial charge in [-0.2, -0.15) is 0 Å². The van der Waals surface area contributed by atoms with Crippen molar-refractivity contribution in [2.24, 2.45) is 5.16 Å². The molecule has 1 atom stereocenters. The van der Waals surface area contributed by atoms with Gasteiger partial charge in [0, 0.05) is 18.2 Å². The molecular weight excluding hydrogens is 284 g/mol. The molecule has 1 aromatic heterocycles. The maximum Gasteiger partial charge on any atom is 0.137 e. The predicted octanol–water partition coefficient (Wildman–Crippen LogP) is 3.36. The minimum Gasteiger partial charge on any atom is -0.392 e. The van der Waals surface area contributed by atoms with Gasteiger partial charge in [0.15, 0.2) is 0 Å². The largest absolute Gasteiger partial charge is 0.392 e. The minimum atomic E-state index is 0.132. The van der Waals surface area contributed by atoms with Gasteiger partial charge < -0.3 is 9.57 Å². The van der Waals surface area contributed by atoms with Crippen LogP contribution < -0.4 is 0 Å². The highest BCUT2D eigenvalue weighted by atomic mass is 32.1. The smallest absolute Gasteiger partial charge is 0.137 e. The lowest BCUT2D eigenvalue weighted by molar-refractivity contribution is 0.0857. The van der Waals surface area contributed by atoms with E-state index in [1.165, 1.54) is 5.56 Å². The molecule has 110 valence electrons. The van der Waals surface area contributed by atoms with Crippen molar-refractivity contribution in [2.75, 3.05) is 6.61 Å². The van der Waals surface area contributed by atoms with E-state index in [0.717, 1.165) is 29.3 Å². The molecule has 1 unspecified atom stereocenters. The van der Waals surface area contributed by atoms with Crippen LogP contribution in [-0.4, -0.2) is 23.4 Å². The molecule has 0 radical (unpaired) electrons. The normalized spacial score (nSPS) is 17.6. The molecule has 1 aliphatic heterocycles. The number of nitrogens with zero attached hydrogens (tertiary/aromatic N) is 2. The summed E-state index contributed by atoms with van der Waals surface area (Å²) >= 11 is 1.64. The van der Waals surface area contributed by atoms with E-state index in [2.05, 4.69) is 22.3 Å². The molecule has 1 aliphatic rings. The third-order valence-corrected chi connectivity index (χ3v) is 4.11. The predicted molar refractivity (Wildman–Crippen MR) is 83.6 cm³/mol. The first-order chi connectivity index (χ1) is 10.3. The quantitative estimate of drug-likeness (QED) is 0.822. The molecule has 0 aliphatic carbocycles. The molecule has 5 heteroatoms. The fourth-order valence-corrected chi connectivity index (χ4v) is 2.90. The molecule has 0 fully saturated rings. The fraction of sp³-hybridized carbons (Fsp3) is 0.375. The lowest BCUT2D eigenvalue weighted by Crippen LogP contribution is -2.14. The van der Waals surface area contributed by atoms with E-state index in [-0.39, 0.29) is 6.10 Å².